The van der Waals surface area contributed by atoms with Crippen LogP contribution in [0.1, 0.15) is 51.5 Å². The Morgan fingerprint density at radius 2 is 1.52 bits per heavy atom. The molecule has 0 aliphatic rings. The van der Waals surface area contributed by atoms with E-state index in [0.29, 0.717) is 5.19 Å². The van der Waals surface area contributed by atoms with Crippen LogP contribution in [0.4, 0.5) is 0 Å². The maximum atomic E-state index is 5.95. The van der Waals surface area contributed by atoms with Crippen LogP contribution in [-0.2, 0) is 6.42 Å². The van der Waals surface area contributed by atoms with Gasteiger partial charge in [0, 0.05) is 0 Å². The van der Waals surface area contributed by atoms with E-state index < -0.39 is 0 Å². The summed E-state index contributed by atoms with van der Waals surface area (Å²) in [5, 5.41) is 0.705. The van der Waals surface area contributed by atoms with E-state index in [1.54, 1.807) is 11.3 Å². The van der Waals surface area contributed by atoms with E-state index in [1.807, 2.05) is 18.2 Å². The molecule has 0 aliphatic heterocycles. The fraction of sp³-hybridized carbons (Fsp3) is 0.458. The smallest absolute Gasteiger partial charge is 0.279 e. The predicted molar refractivity (Wildman–Crippen MR) is 128 cm³/mol. The van der Waals surface area contributed by atoms with E-state index in [1.165, 1.54) is 57.3 Å². The number of para-hydroxylation sites is 1. The van der Waals surface area contributed by atoms with Crippen molar-refractivity contribution in [3.8, 4) is 10.9 Å². The summed E-state index contributed by atoms with van der Waals surface area (Å²) in [5.74, 6) is 0.857. The number of unbranched alkanes of at least 4 members (excludes halogenated alkanes) is 2. The van der Waals surface area contributed by atoms with Crippen LogP contribution in [0.15, 0.2) is 48.5 Å². The molecule has 0 amide bonds. The first kappa shape index (κ1) is 23.7. The predicted octanol–water partition coefficient (Wildman–Crippen LogP) is 7.35. The Morgan fingerprint density at radius 3 is 2.17 bits per heavy atom. The quantitative estimate of drug-likeness (QED) is 0.299. The maximum Gasteiger partial charge on any atom is 0.279 e. The van der Waals surface area contributed by atoms with Crippen molar-refractivity contribution in [1.82, 2.24) is 9.88 Å². The number of ether oxygens (including phenoxy) is 1. The van der Waals surface area contributed by atoms with Crippen molar-refractivity contribution in [3.05, 3.63) is 54.1 Å². The average Bonchev–Trinajstić information content (AvgIpc) is 3.13. The summed E-state index contributed by atoms with van der Waals surface area (Å²) >= 11 is 1.59. The third kappa shape index (κ3) is 7.61. The average molecular weight is 433 g/mol. The molecule has 0 unspecified atom stereocenters. The number of halogens is 1. The maximum absolute atomic E-state index is 5.95. The summed E-state index contributed by atoms with van der Waals surface area (Å²) in [5.41, 5.74) is 2.37. The minimum absolute atomic E-state index is 0. The number of benzene rings is 2. The lowest BCUT2D eigenvalue weighted by atomic mass is 10.1. The van der Waals surface area contributed by atoms with Gasteiger partial charge in [0.1, 0.15) is 5.75 Å². The lowest BCUT2D eigenvalue weighted by molar-refractivity contribution is 0.262. The molecule has 3 aromatic rings. The minimum Gasteiger partial charge on any atom is -0.431 e. The molecule has 0 radical (unpaired) electrons. The Balaban J connectivity index is 0.00000300. The van der Waals surface area contributed by atoms with Crippen LogP contribution in [0.3, 0.4) is 0 Å². The summed E-state index contributed by atoms with van der Waals surface area (Å²) in [7, 11) is 0. The molecule has 0 aliphatic carbocycles. The number of rotatable bonds is 12. The van der Waals surface area contributed by atoms with Crippen molar-refractivity contribution in [2.75, 3.05) is 19.6 Å². The minimum atomic E-state index is 0. The zero-order chi connectivity index (χ0) is 19.6. The molecule has 0 fully saturated rings. The van der Waals surface area contributed by atoms with Gasteiger partial charge in [0.2, 0.25) is 0 Å². The number of nitrogens with zero attached hydrogens (tertiary/aromatic N) is 2. The zero-order valence-electron chi connectivity index (χ0n) is 17.6. The monoisotopic (exact) mass is 432 g/mol. The molecule has 1 aromatic heterocycles. The molecule has 2 aromatic carbocycles. The molecule has 0 N–H and O–H groups in total. The molecule has 0 atom stereocenters. The van der Waals surface area contributed by atoms with Gasteiger partial charge < -0.3 is 9.64 Å². The van der Waals surface area contributed by atoms with Crippen LogP contribution in [0, 0.1) is 0 Å². The second-order valence-electron chi connectivity index (χ2n) is 7.35. The summed E-state index contributed by atoms with van der Waals surface area (Å²) in [4.78, 5) is 7.18. The van der Waals surface area contributed by atoms with Crippen LogP contribution in [0.2, 0.25) is 0 Å². The number of hydrogen-bond acceptors (Lipinski definition) is 4. The molecular weight excluding hydrogens is 400 g/mol. The van der Waals surface area contributed by atoms with Gasteiger partial charge in [-0.3, -0.25) is 0 Å². The molecule has 3 rings (SSSR count). The van der Waals surface area contributed by atoms with Crippen molar-refractivity contribution in [2.45, 2.75) is 52.4 Å². The second-order valence-corrected chi connectivity index (χ2v) is 8.34. The fourth-order valence-electron chi connectivity index (χ4n) is 3.33. The SMILES string of the molecule is CCCCN(CCCC)CCCc1ccc(Oc2nc3ccccc3s2)cc1.Cl. The summed E-state index contributed by atoms with van der Waals surface area (Å²) in [6.07, 6.45) is 7.50. The third-order valence-electron chi connectivity index (χ3n) is 5.00. The van der Waals surface area contributed by atoms with Gasteiger partial charge in [-0.25, -0.2) is 4.98 Å². The first-order chi connectivity index (χ1) is 13.8. The van der Waals surface area contributed by atoms with Crippen molar-refractivity contribution in [3.63, 3.8) is 0 Å². The Bertz CT molecular complexity index is 793. The molecule has 0 saturated heterocycles. The first-order valence-electron chi connectivity index (χ1n) is 10.6. The van der Waals surface area contributed by atoms with Crippen LogP contribution in [-0.4, -0.2) is 29.5 Å². The molecule has 1 heterocycles. The van der Waals surface area contributed by atoms with E-state index in [-0.39, 0.29) is 12.4 Å². The Morgan fingerprint density at radius 1 is 0.862 bits per heavy atom. The van der Waals surface area contributed by atoms with E-state index in [9.17, 15) is 0 Å². The van der Waals surface area contributed by atoms with Crippen LogP contribution >= 0.6 is 23.7 Å². The lowest BCUT2D eigenvalue weighted by Gasteiger charge is -2.21. The molecule has 158 valence electrons. The Hall–Kier alpha value is -1.62. The van der Waals surface area contributed by atoms with Gasteiger partial charge in [0.25, 0.3) is 5.19 Å². The largest absolute Gasteiger partial charge is 0.431 e. The molecule has 0 saturated carbocycles. The van der Waals surface area contributed by atoms with Crippen LogP contribution in [0.25, 0.3) is 10.2 Å². The normalized spacial score (nSPS) is 11.0. The van der Waals surface area contributed by atoms with Crippen LogP contribution < -0.4 is 4.74 Å². The van der Waals surface area contributed by atoms with Crippen molar-refractivity contribution in [2.24, 2.45) is 0 Å². The summed E-state index contributed by atoms with van der Waals surface area (Å²) in [6.45, 7) is 8.23. The van der Waals surface area contributed by atoms with Gasteiger partial charge in [-0.15, -0.1) is 12.4 Å². The van der Waals surface area contributed by atoms with Crippen molar-refractivity contribution >= 4 is 34.0 Å². The van der Waals surface area contributed by atoms with Crippen LogP contribution in [0.5, 0.6) is 10.9 Å². The highest BCUT2D eigenvalue weighted by Gasteiger charge is 2.06. The summed E-state index contributed by atoms with van der Waals surface area (Å²) in [6, 6.07) is 16.6. The highest BCUT2D eigenvalue weighted by Crippen LogP contribution is 2.31. The first-order valence-corrected chi connectivity index (χ1v) is 11.4. The standard InChI is InChI=1S/C24H32N2OS.ClH/c1-3-5-17-26(18-6-4-2)19-9-10-20-13-15-21(16-14-20)27-24-25-22-11-7-8-12-23(22)28-24;/h7-8,11-16H,3-6,9-10,17-19H2,1-2H3;1H. The van der Waals surface area contributed by atoms with Gasteiger partial charge >= 0.3 is 0 Å². The zero-order valence-corrected chi connectivity index (χ0v) is 19.2. The number of fused-ring (bicyclic) bond motifs is 1. The van der Waals surface area contributed by atoms with Gasteiger partial charge in [0.15, 0.2) is 0 Å². The topological polar surface area (TPSA) is 25.4 Å². The lowest BCUT2D eigenvalue weighted by Crippen LogP contribution is -2.27. The molecular formula is C24H33ClN2OS. The summed E-state index contributed by atoms with van der Waals surface area (Å²) < 4.78 is 7.11. The fourth-order valence-corrected chi connectivity index (χ4v) is 4.16. The van der Waals surface area contributed by atoms with Gasteiger partial charge in [-0.05, 0) is 75.1 Å². The molecule has 0 spiro atoms. The highest BCUT2D eigenvalue weighted by atomic mass is 35.5. The van der Waals surface area contributed by atoms with Crippen molar-refractivity contribution in [1.29, 1.82) is 0 Å². The van der Waals surface area contributed by atoms with Gasteiger partial charge in [-0.1, -0.05) is 62.3 Å². The van der Waals surface area contributed by atoms with E-state index >= 15 is 0 Å². The molecule has 0 bridgehead atoms. The highest BCUT2D eigenvalue weighted by molar-refractivity contribution is 7.20. The Kier molecular flexibility index (Phi) is 10.5. The van der Waals surface area contributed by atoms with E-state index in [4.69, 9.17) is 4.74 Å². The number of aromatic nitrogens is 1. The second kappa shape index (κ2) is 12.8. The van der Waals surface area contributed by atoms with Crippen molar-refractivity contribution < 1.29 is 4.74 Å². The van der Waals surface area contributed by atoms with Gasteiger partial charge in [0.05, 0.1) is 10.2 Å². The third-order valence-corrected chi connectivity index (χ3v) is 5.91. The number of hydrogen-bond donors (Lipinski definition) is 0. The molecule has 3 nitrogen and oxygen atoms in total. The van der Waals surface area contributed by atoms with Gasteiger partial charge in [-0.2, -0.15) is 0 Å². The van der Waals surface area contributed by atoms with E-state index in [2.05, 4.69) is 54.1 Å². The number of thiazole rings is 1. The van der Waals surface area contributed by atoms with E-state index in [0.717, 1.165) is 22.4 Å². The molecule has 29 heavy (non-hydrogen) atoms. The molecule has 5 heteroatoms. The Labute approximate surface area is 185 Å². The number of aryl methyl sites for hydroxylation is 1.